The summed E-state index contributed by atoms with van der Waals surface area (Å²) >= 11 is 7.81. The lowest BCUT2D eigenvalue weighted by Crippen LogP contribution is -2.53. The molecular weight excluding hydrogens is 553 g/mol. The van der Waals surface area contributed by atoms with Gasteiger partial charge in [-0.1, -0.05) is 11.6 Å². The number of hydrogen-bond donors (Lipinski definition) is 1. The predicted octanol–water partition coefficient (Wildman–Crippen LogP) is 4.83. The zero-order valence-electron chi connectivity index (χ0n) is 21.5. The summed E-state index contributed by atoms with van der Waals surface area (Å²) in [4.78, 5) is 38.8. The second-order valence-electron chi connectivity index (χ2n) is 9.97. The highest BCUT2D eigenvalue weighted by atomic mass is 35.5. The molecule has 2 aliphatic rings. The smallest absolute Gasteiger partial charge is 0.315 e. The van der Waals surface area contributed by atoms with Crippen LogP contribution < -0.4 is 5.32 Å². The molecule has 39 heavy (non-hydrogen) atoms. The molecule has 2 fully saturated rings. The van der Waals surface area contributed by atoms with E-state index in [1.54, 1.807) is 6.07 Å². The number of nitrogens with one attached hydrogen (secondary N) is 1. The summed E-state index contributed by atoms with van der Waals surface area (Å²) in [6, 6.07) is 5.00. The molecule has 0 aliphatic carbocycles. The Labute approximate surface area is 232 Å². The van der Waals surface area contributed by atoms with Crippen LogP contribution in [0.4, 0.5) is 18.0 Å². The van der Waals surface area contributed by atoms with Crippen molar-refractivity contribution >= 4 is 45.1 Å². The van der Waals surface area contributed by atoms with Crippen molar-refractivity contribution in [2.24, 2.45) is 0 Å². The molecule has 2 saturated heterocycles. The van der Waals surface area contributed by atoms with Crippen LogP contribution in [0.25, 0.3) is 21.5 Å². The van der Waals surface area contributed by atoms with Gasteiger partial charge in [0.05, 0.1) is 22.5 Å². The molecule has 8 nitrogen and oxygen atoms in total. The van der Waals surface area contributed by atoms with Crippen molar-refractivity contribution in [3.8, 4) is 11.3 Å². The van der Waals surface area contributed by atoms with Gasteiger partial charge in [-0.05, 0) is 43.2 Å². The number of alkyl halides is 3. The van der Waals surface area contributed by atoms with Gasteiger partial charge in [-0.3, -0.25) is 14.6 Å². The monoisotopic (exact) mass is 580 g/mol. The van der Waals surface area contributed by atoms with E-state index in [1.165, 1.54) is 17.7 Å². The van der Waals surface area contributed by atoms with E-state index < -0.39 is 24.7 Å². The fourth-order valence-corrected chi connectivity index (χ4v) is 6.48. The Balaban J connectivity index is 1.48. The normalized spacial score (nSPS) is 19.4. The average Bonchev–Trinajstić information content (AvgIpc) is 3.28. The van der Waals surface area contributed by atoms with Crippen LogP contribution in [0, 0.1) is 6.92 Å². The predicted molar refractivity (Wildman–Crippen MR) is 144 cm³/mol. The van der Waals surface area contributed by atoms with Gasteiger partial charge in [-0.15, -0.1) is 11.3 Å². The van der Waals surface area contributed by atoms with E-state index in [1.807, 2.05) is 19.1 Å². The van der Waals surface area contributed by atoms with Crippen LogP contribution in [0.1, 0.15) is 29.3 Å². The maximum Gasteiger partial charge on any atom is 0.406 e. The van der Waals surface area contributed by atoms with E-state index in [-0.39, 0.29) is 19.5 Å². The van der Waals surface area contributed by atoms with Gasteiger partial charge in [0, 0.05) is 60.6 Å². The van der Waals surface area contributed by atoms with Crippen LogP contribution in [0.15, 0.2) is 24.5 Å². The zero-order chi connectivity index (χ0) is 27.9. The highest BCUT2D eigenvalue weighted by Crippen LogP contribution is 2.37. The number of halogens is 4. The molecule has 5 rings (SSSR count). The van der Waals surface area contributed by atoms with Crippen molar-refractivity contribution in [1.29, 1.82) is 0 Å². The summed E-state index contributed by atoms with van der Waals surface area (Å²) in [6.07, 6.45) is -3.24. The topological polar surface area (TPSA) is 81.7 Å². The van der Waals surface area contributed by atoms with Crippen molar-refractivity contribution in [2.45, 2.75) is 45.6 Å². The number of aromatic nitrogens is 2. The number of imide groups is 1. The molecule has 1 atom stereocenters. The Morgan fingerprint density at radius 2 is 1.95 bits per heavy atom. The van der Waals surface area contributed by atoms with Crippen LogP contribution in [0.2, 0.25) is 5.02 Å². The summed E-state index contributed by atoms with van der Waals surface area (Å²) in [5.74, 6) is -0.500. The number of piperazine rings is 1. The minimum Gasteiger partial charge on any atom is -0.315 e. The van der Waals surface area contributed by atoms with E-state index in [9.17, 15) is 22.8 Å². The van der Waals surface area contributed by atoms with Crippen LogP contribution >= 0.6 is 22.9 Å². The number of aryl methyl sites for hydroxylation is 1. The molecule has 1 N–H and O–H groups in total. The first-order chi connectivity index (χ1) is 18.5. The Kier molecular flexibility index (Phi) is 7.82. The summed E-state index contributed by atoms with van der Waals surface area (Å²) in [7, 11) is 0. The average molecular weight is 581 g/mol. The van der Waals surface area contributed by atoms with Gasteiger partial charge in [0.25, 0.3) is 0 Å². The molecular formula is C26H28ClF3N6O2S. The van der Waals surface area contributed by atoms with Crippen molar-refractivity contribution < 1.29 is 22.8 Å². The third-order valence-electron chi connectivity index (χ3n) is 7.14. The number of hydrogen-bond acceptors (Lipinski definition) is 7. The minimum atomic E-state index is -4.54. The number of urea groups is 1. The third kappa shape index (κ3) is 6.03. The van der Waals surface area contributed by atoms with Crippen LogP contribution in [-0.4, -0.2) is 81.5 Å². The second-order valence-corrected chi connectivity index (χ2v) is 11.5. The lowest BCUT2D eigenvalue weighted by atomic mass is 9.97. The lowest BCUT2D eigenvalue weighted by molar-refractivity contribution is -0.149. The summed E-state index contributed by atoms with van der Waals surface area (Å²) < 4.78 is 39.6. The number of carbonyl (C=O) groups is 2. The first-order valence-corrected chi connectivity index (χ1v) is 13.8. The first kappa shape index (κ1) is 27.8. The fraction of sp³-hybridized carbons (Fsp3) is 0.462. The molecule has 2 aromatic heterocycles. The van der Waals surface area contributed by atoms with E-state index in [0.717, 1.165) is 52.5 Å². The molecule has 1 aromatic carbocycles. The van der Waals surface area contributed by atoms with Crippen molar-refractivity contribution in [1.82, 2.24) is 30.0 Å². The van der Waals surface area contributed by atoms with Gasteiger partial charge in [0.15, 0.2) is 0 Å². The molecule has 208 valence electrons. The van der Waals surface area contributed by atoms with E-state index >= 15 is 0 Å². The van der Waals surface area contributed by atoms with Crippen molar-refractivity contribution in [3.05, 3.63) is 45.6 Å². The molecule has 0 saturated carbocycles. The molecule has 3 amide bonds. The minimum absolute atomic E-state index is 0.133. The number of nitrogens with zero attached hydrogens (tertiary/aromatic N) is 5. The summed E-state index contributed by atoms with van der Waals surface area (Å²) in [6.45, 7) is 5.88. The molecule has 3 aromatic rings. The van der Waals surface area contributed by atoms with E-state index in [0.29, 0.717) is 32.1 Å². The van der Waals surface area contributed by atoms with Gasteiger partial charge >= 0.3 is 12.2 Å². The van der Waals surface area contributed by atoms with Crippen LogP contribution in [0.5, 0.6) is 0 Å². The Hall–Kier alpha value is -2.80. The number of amides is 3. The fourth-order valence-electron chi connectivity index (χ4n) is 5.10. The van der Waals surface area contributed by atoms with Crippen LogP contribution in [0.3, 0.4) is 0 Å². The molecule has 0 bridgehead atoms. The van der Waals surface area contributed by atoms with Gasteiger partial charge in [0.1, 0.15) is 12.9 Å². The highest BCUT2D eigenvalue weighted by molar-refractivity contribution is 7.19. The largest absolute Gasteiger partial charge is 0.406 e. The Morgan fingerprint density at radius 1 is 1.15 bits per heavy atom. The maximum absolute atomic E-state index is 12.9. The first-order valence-electron chi connectivity index (χ1n) is 12.6. The van der Waals surface area contributed by atoms with Gasteiger partial charge < -0.3 is 10.2 Å². The Bertz CT molecular complexity index is 1410. The number of rotatable bonds is 6. The summed E-state index contributed by atoms with van der Waals surface area (Å²) in [5.41, 5.74) is 4.35. The van der Waals surface area contributed by atoms with Gasteiger partial charge in [0.2, 0.25) is 5.91 Å². The molecule has 13 heteroatoms. The maximum atomic E-state index is 12.9. The highest BCUT2D eigenvalue weighted by Gasteiger charge is 2.39. The second kappa shape index (κ2) is 11.0. The van der Waals surface area contributed by atoms with Crippen molar-refractivity contribution in [2.75, 3.05) is 32.7 Å². The number of thiophene rings is 1. The molecule has 0 spiro atoms. The standard InChI is InChI=1S/C26H28ClF3N6O2S/c1-15-7-17(27)8-19(20(15)12-34-6-4-31-10-16(34)2)23-24-21(32-14-33-23)9-18(39-24)11-36-22(37)3-5-35(25(36)38)13-26(28,29)30/h7-9,14,16,31H,3-6,10-13H2,1-2H3. The van der Waals surface area contributed by atoms with E-state index in [2.05, 4.69) is 27.1 Å². The van der Waals surface area contributed by atoms with Crippen LogP contribution in [-0.2, 0) is 17.9 Å². The van der Waals surface area contributed by atoms with Gasteiger partial charge in [-0.25, -0.2) is 14.8 Å². The molecule has 0 radical (unpaired) electrons. The van der Waals surface area contributed by atoms with Crippen molar-refractivity contribution in [3.63, 3.8) is 0 Å². The summed E-state index contributed by atoms with van der Waals surface area (Å²) in [5, 5.41) is 3.99. The molecule has 1 unspecified atom stereocenters. The third-order valence-corrected chi connectivity index (χ3v) is 8.47. The Morgan fingerprint density at radius 3 is 2.69 bits per heavy atom. The number of fused-ring (bicyclic) bond motifs is 1. The number of carbonyl (C=O) groups excluding carboxylic acids is 2. The lowest BCUT2D eigenvalue weighted by Gasteiger charge is -2.34. The molecule has 2 aliphatic heterocycles. The zero-order valence-corrected chi connectivity index (χ0v) is 23.1. The SMILES string of the molecule is Cc1cc(Cl)cc(-c2ncnc3cc(CN4C(=O)CCN(CC(F)(F)F)C4=O)sc23)c1CN1CCNCC1C. The van der Waals surface area contributed by atoms with Gasteiger partial charge in [-0.2, -0.15) is 13.2 Å². The van der Waals surface area contributed by atoms with E-state index in [4.69, 9.17) is 11.6 Å². The number of benzene rings is 1. The quantitative estimate of drug-likeness (QED) is 0.450. The molecule has 4 heterocycles.